The molecule has 0 radical (unpaired) electrons. The molecule has 0 amide bonds. The zero-order valence-electron chi connectivity index (χ0n) is 10.5. The van der Waals surface area contributed by atoms with Crippen molar-refractivity contribution in [3.63, 3.8) is 0 Å². The molecule has 1 aromatic carbocycles. The molecule has 1 aliphatic rings. The van der Waals surface area contributed by atoms with Crippen LogP contribution < -0.4 is 5.32 Å². The first-order chi connectivity index (χ1) is 8.24. The van der Waals surface area contributed by atoms with Crippen LogP contribution in [0.1, 0.15) is 37.1 Å². The molecule has 0 spiro atoms. The number of aromatic amines is 1. The zero-order chi connectivity index (χ0) is 11.8. The fourth-order valence-corrected chi connectivity index (χ4v) is 2.66. The summed E-state index contributed by atoms with van der Waals surface area (Å²) in [4.78, 5) is 0. The number of nitrogens with one attached hydrogen (secondary N) is 2. The second kappa shape index (κ2) is 4.15. The lowest BCUT2D eigenvalue weighted by molar-refractivity contribution is 0.333. The van der Waals surface area contributed by atoms with Gasteiger partial charge in [0.1, 0.15) is 0 Å². The van der Waals surface area contributed by atoms with Gasteiger partial charge in [-0.25, -0.2) is 0 Å². The molecule has 0 saturated carbocycles. The van der Waals surface area contributed by atoms with Gasteiger partial charge in [-0.05, 0) is 49.9 Å². The van der Waals surface area contributed by atoms with Crippen molar-refractivity contribution < 1.29 is 0 Å². The van der Waals surface area contributed by atoms with Crippen LogP contribution in [0.5, 0.6) is 0 Å². The van der Waals surface area contributed by atoms with E-state index in [2.05, 4.69) is 47.6 Å². The minimum atomic E-state index is 0.518. The van der Waals surface area contributed by atoms with Crippen LogP contribution in [0.2, 0.25) is 0 Å². The van der Waals surface area contributed by atoms with Crippen LogP contribution in [-0.4, -0.2) is 16.7 Å². The van der Waals surface area contributed by atoms with Gasteiger partial charge in [0, 0.05) is 17.1 Å². The molecule has 2 N–H and O–H groups in total. The first kappa shape index (κ1) is 10.8. The molecule has 90 valence electrons. The van der Waals surface area contributed by atoms with Gasteiger partial charge in [0.15, 0.2) is 0 Å². The molecule has 2 aromatic rings. The Labute approximate surface area is 102 Å². The van der Waals surface area contributed by atoms with E-state index in [0.717, 1.165) is 23.7 Å². The first-order valence-electron chi connectivity index (χ1n) is 6.42. The second-order valence-corrected chi connectivity index (χ2v) is 5.27. The molecule has 1 saturated heterocycles. The molecule has 0 aliphatic carbocycles. The van der Waals surface area contributed by atoms with Gasteiger partial charge in [0.25, 0.3) is 0 Å². The quantitative estimate of drug-likeness (QED) is 0.789. The van der Waals surface area contributed by atoms with Gasteiger partial charge in [-0.1, -0.05) is 13.0 Å². The third kappa shape index (κ3) is 1.95. The smallest absolute Gasteiger partial charge is 0.0923 e. The van der Waals surface area contributed by atoms with E-state index in [9.17, 15) is 0 Å². The van der Waals surface area contributed by atoms with Crippen molar-refractivity contribution in [2.24, 2.45) is 5.92 Å². The van der Waals surface area contributed by atoms with Gasteiger partial charge in [0.2, 0.25) is 0 Å². The summed E-state index contributed by atoms with van der Waals surface area (Å²) in [5, 5.41) is 12.2. The van der Waals surface area contributed by atoms with Gasteiger partial charge in [-0.3, -0.25) is 5.10 Å². The van der Waals surface area contributed by atoms with Crippen LogP contribution in [0.25, 0.3) is 10.9 Å². The van der Waals surface area contributed by atoms with Crippen molar-refractivity contribution in [2.45, 2.75) is 32.7 Å². The van der Waals surface area contributed by atoms with E-state index in [1.807, 2.05) is 0 Å². The van der Waals surface area contributed by atoms with Crippen molar-refractivity contribution >= 4 is 10.9 Å². The van der Waals surface area contributed by atoms with Crippen molar-refractivity contribution in [1.29, 1.82) is 0 Å². The van der Waals surface area contributed by atoms with Crippen LogP contribution in [0.4, 0.5) is 0 Å². The van der Waals surface area contributed by atoms with Gasteiger partial charge >= 0.3 is 0 Å². The van der Waals surface area contributed by atoms with Gasteiger partial charge in [0.05, 0.1) is 5.52 Å². The Kier molecular flexibility index (Phi) is 2.63. The number of fused-ring (bicyclic) bond motifs is 1. The Bertz CT molecular complexity index is 521. The predicted molar refractivity (Wildman–Crippen MR) is 70.0 cm³/mol. The molecule has 0 bridgehead atoms. The molecule has 1 aliphatic heterocycles. The molecule has 2 atom stereocenters. The normalized spacial score (nSPS) is 25.3. The molecule has 0 unspecified atom stereocenters. The fourth-order valence-electron chi connectivity index (χ4n) is 2.66. The lowest BCUT2D eigenvalue weighted by Crippen LogP contribution is -2.31. The number of benzene rings is 1. The molecule has 3 rings (SSSR count). The van der Waals surface area contributed by atoms with Crippen LogP contribution >= 0.6 is 0 Å². The highest BCUT2D eigenvalue weighted by atomic mass is 15.1. The molecule has 3 heteroatoms. The largest absolute Gasteiger partial charge is 0.310 e. The van der Waals surface area contributed by atoms with E-state index in [1.54, 1.807) is 0 Å². The maximum atomic E-state index is 4.27. The van der Waals surface area contributed by atoms with Crippen LogP contribution in [-0.2, 0) is 0 Å². The SMILES string of the molecule is Cc1[nH]nc2ccc([C@H]3CC[C@H](C)CN3)cc12. The van der Waals surface area contributed by atoms with Gasteiger partial charge < -0.3 is 5.32 Å². The third-order valence-electron chi connectivity index (χ3n) is 3.83. The summed E-state index contributed by atoms with van der Waals surface area (Å²) in [6.07, 6.45) is 2.56. The summed E-state index contributed by atoms with van der Waals surface area (Å²) in [5.74, 6) is 0.811. The highest BCUT2D eigenvalue weighted by molar-refractivity contribution is 5.81. The Balaban J connectivity index is 1.92. The summed E-state index contributed by atoms with van der Waals surface area (Å²) in [6.45, 7) is 5.52. The summed E-state index contributed by atoms with van der Waals surface area (Å²) < 4.78 is 0. The summed E-state index contributed by atoms with van der Waals surface area (Å²) in [7, 11) is 0. The minimum Gasteiger partial charge on any atom is -0.310 e. The van der Waals surface area contributed by atoms with Crippen molar-refractivity contribution in [3.05, 3.63) is 29.5 Å². The number of aryl methyl sites for hydroxylation is 1. The Hall–Kier alpha value is -1.35. The van der Waals surface area contributed by atoms with Crippen molar-refractivity contribution in [3.8, 4) is 0 Å². The van der Waals surface area contributed by atoms with E-state index in [1.165, 1.54) is 23.8 Å². The molecular weight excluding hydrogens is 210 g/mol. The van der Waals surface area contributed by atoms with Crippen molar-refractivity contribution in [2.75, 3.05) is 6.54 Å². The number of H-pyrrole nitrogens is 1. The van der Waals surface area contributed by atoms with E-state index < -0.39 is 0 Å². The van der Waals surface area contributed by atoms with E-state index in [4.69, 9.17) is 0 Å². The topological polar surface area (TPSA) is 40.7 Å². The summed E-state index contributed by atoms with van der Waals surface area (Å²) in [5.41, 5.74) is 3.62. The van der Waals surface area contributed by atoms with Crippen LogP contribution in [0.3, 0.4) is 0 Å². The molecule has 1 fully saturated rings. The average molecular weight is 229 g/mol. The van der Waals surface area contributed by atoms with E-state index in [-0.39, 0.29) is 0 Å². The number of nitrogens with zero attached hydrogens (tertiary/aromatic N) is 1. The standard InChI is InChI=1S/C14H19N3/c1-9-3-5-13(15-8-9)11-4-6-14-12(7-11)10(2)16-17-14/h4,6-7,9,13,15H,3,5,8H2,1-2H3,(H,16,17)/t9-,13+/m0/s1. The molecule has 1 aromatic heterocycles. The predicted octanol–water partition coefficient (Wildman–Crippen LogP) is 2.93. The Morgan fingerprint density at radius 2 is 2.18 bits per heavy atom. The number of hydrogen-bond donors (Lipinski definition) is 2. The van der Waals surface area contributed by atoms with E-state index >= 15 is 0 Å². The molecule has 3 nitrogen and oxygen atoms in total. The van der Waals surface area contributed by atoms with Gasteiger partial charge in [-0.2, -0.15) is 5.10 Å². The number of rotatable bonds is 1. The highest BCUT2D eigenvalue weighted by Crippen LogP contribution is 2.28. The Morgan fingerprint density at radius 3 is 2.94 bits per heavy atom. The summed E-state index contributed by atoms with van der Waals surface area (Å²) in [6, 6.07) is 7.12. The van der Waals surface area contributed by atoms with E-state index in [0.29, 0.717) is 6.04 Å². The maximum Gasteiger partial charge on any atom is 0.0923 e. The zero-order valence-corrected chi connectivity index (χ0v) is 10.5. The molecule has 2 heterocycles. The van der Waals surface area contributed by atoms with Crippen LogP contribution in [0, 0.1) is 12.8 Å². The monoisotopic (exact) mass is 229 g/mol. The second-order valence-electron chi connectivity index (χ2n) is 5.27. The highest BCUT2D eigenvalue weighted by Gasteiger charge is 2.19. The first-order valence-corrected chi connectivity index (χ1v) is 6.42. The molecular formula is C14H19N3. The Morgan fingerprint density at radius 1 is 1.29 bits per heavy atom. The maximum absolute atomic E-state index is 4.27. The number of hydrogen-bond acceptors (Lipinski definition) is 2. The fraction of sp³-hybridized carbons (Fsp3) is 0.500. The molecule has 17 heavy (non-hydrogen) atoms. The van der Waals surface area contributed by atoms with Crippen LogP contribution in [0.15, 0.2) is 18.2 Å². The lowest BCUT2D eigenvalue weighted by Gasteiger charge is -2.28. The third-order valence-corrected chi connectivity index (χ3v) is 3.83. The lowest BCUT2D eigenvalue weighted by atomic mass is 9.91. The summed E-state index contributed by atoms with van der Waals surface area (Å²) >= 11 is 0. The number of aromatic nitrogens is 2. The minimum absolute atomic E-state index is 0.518. The van der Waals surface area contributed by atoms with Crippen molar-refractivity contribution in [1.82, 2.24) is 15.5 Å². The van der Waals surface area contributed by atoms with Gasteiger partial charge in [-0.15, -0.1) is 0 Å². The average Bonchev–Trinajstić information content (AvgIpc) is 2.72. The number of piperidine rings is 1.